The number of rotatable bonds is 4. The highest BCUT2D eigenvalue weighted by Gasteiger charge is 2.23. The quantitative estimate of drug-likeness (QED) is 0.825. The Labute approximate surface area is 162 Å². The Kier molecular flexibility index (Phi) is 6.29. The Morgan fingerprint density at radius 3 is 2.48 bits per heavy atom. The summed E-state index contributed by atoms with van der Waals surface area (Å²) in [5.41, 5.74) is 1.11. The fourth-order valence-corrected chi connectivity index (χ4v) is 3.24. The molecule has 0 unspecified atom stereocenters. The van der Waals surface area contributed by atoms with E-state index in [0.29, 0.717) is 41.8 Å². The van der Waals surface area contributed by atoms with E-state index >= 15 is 0 Å². The van der Waals surface area contributed by atoms with Gasteiger partial charge >= 0.3 is 6.03 Å². The number of urea groups is 1. The van der Waals surface area contributed by atoms with E-state index in [-0.39, 0.29) is 17.8 Å². The van der Waals surface area contributed by atoms with E-state index in [1.807, 2.05) is 0 Å². The van der Waals surface area contributed by atoms with Crippen LogP contribution in [0.2, 0.25) is 5.02 Å². The standard InChI is InChI=1S/C20H21ClFN3O2/c21-16-3-1-2-15(12-16)19(26)23-13-14-8-10-25(11-9-14)20(27)24-18-6-4-17(22)5-7-18/h1-7,12,14H,8-11,13H2,(H,23,26)(H,24,27). The summed E-state index contributed by atoms with van der Waals surface area (Å²) in [6.45, 7) is 1.80. The average molecular weight is 390 g/mol. The van der Waals surface area contributed by atoms with E-state index in [4.69, 9.17) is 11.6 Å². The highest BCUT2D eigenvalue weighted by molar-refractivity contribution is 6.30. The van der Waals surface area contributed by atoms with Crippen LogP contribution in [0.25, 0.3) is 0 Å². The third-order valence-corrected chi connectivity index (χ3v) is 4.87. The lowest BCUT2D eigenvalue weighted by Gasteiger charge is -2.32. The number of hydrogen-bond acceptors (Lipinski definition) is 2. The predicted molar refractivity (Wildman–Crippen MR) is 104 cm³/mol. The molecule has 27 heavy (non-hydrogen) atoms. The summed E-state index contributed by atoms with van der Waals surface area (Å²) >= 11 is 5.91. The summed E-state index contributed by atoms with van der Waals surface area (Å²) in [7, 11) is 0. The molecule has 0 spiro atoms. The van der Waals surface area contributed by atoms with Crippen molar-refractivity contribution in [3.63, 3.8) is 0 Å². The molecule has 0 atom stereocenters. The van der Waals surface area contributed by atoms with Crippen molar-refractivity contribution in [2.24, 2.45) is 5.92 Å². The van der Waals surface area contributed by atoms with Gasteiger partial charge in [-0.1, -0.05) is 17.7 Å². The number of benzene rings is 2. The van der Waals surface area contributed by atoms with Gasteiger partial charge in [-0.15, -0.1) is 0 Å². The van der Waals surface area contributed by atoms with E-state index in [1.165, 1.54) is 24.3 Å². The van der Waals surface area contributed by atoms with E-state index in [2.05, 4.69) is 10.6 Å². The van der Waals surface area contributed by atoms with Crippen LogP contribution in [0.5, 0.6) is 0 Å². The maximum atomic E-state index is 12.9. The van der Waals surface area contributed by atoms with Gasteiger partial charge in [0.15, 0.2) is 0 Å². The molecule has 2 N–H and O–H groups in total. The molecule has 1 fully saturated rings. The summed E-state index contributed by atoms with van der Waals surface area (Å²) in [6.07, 6.45) is 1.62. The number of nitrogens with zero attached hydrogens (tertiary/aromatic N) is 1. The van der Waals surface area contributed by atoms with Crippen molar-refractivity contribution in [1.29, 1.82) is 0 Å². The number of carbonyl (C=O) groups is 2. The van der Waals surface area contributed by atoms with Gasteiger partial charge in [-0.25, -0.2) is 9.18 Å². The minimum atomic E-state index is -0.339. The van der Waals surface area contributed by atoms with Crippen molar-refractivity contribution in [1.82, 2.24) is 10.2 Å². The van der Waals surface area contributed by atoms with Gasteiger partial charge in [-0.05, 0) is 61.2 Å². The maximum absolute atomic E-state index is 12.9. The zero-order valence-electron chi connectivity index (χ0n) is 14.8. The highest BCUT2D eigenvalue weighted by Crippen LogP contribution is 2.18. The lowest BCUT2D eigenvalue weighted by atomic mass is 9.97. The largest absolute Gasteiger partial charge is 0.352 e. The fourth-order valence-electron chi connectivity index (χ4n) is 3.04. The average Bonchev–Trinajstić information content (AvgIpc) is 2.68. The van der Waals surface area contributed by atoms with Crippen LogP contribution in [-0.2, 0) is 0 Å². The van der Waals surface area contributed by atoms with Crippen LogP contribution in [0, 0.1) is 11.7 Å². The smallest absolute Gasteiger partial charge is 0.321 e. The van der Waals surface area contributed by atoms with Crippen molar-refractivity contribution in [3.8, 4) is 0 Å². The molecule has 1 aliphatic rings. The van der Waals surface area contributed by atoms with E-state index in [0.717, 1.165) is 12.8 Å². The molecule has 0 radical (unpaired) electrons. The van der Waals surface area contributed by atoms with E-state index in [9.17, 15) is 14.0 Å². The highest BCUT2D eigenvalue weighted by atomic mass is 35.5. The summed E-state index contributed by atoms with van der Waals surface area (Å²) in [4.78, 5) is 26.2. The van der Waals surface area contributed by atoms with Gasteiger partial charge in [0, 0.05) is 35.9 Å². The molecule has 3 amide bonds. The number of anilines is 1. The Balaban J connectivity index is 1.42. The number of carbonyl (C=O) groups excluding carboxylic acids is 2. The number of amides is 3. The molecule has 0 aliphatic carbocycles. The van der Waals surface area contributed by atoms with Gasteiger partial charge in [0.05, 0.1) is 0 Å². The summed E-state index contributed by atoms with van der Waals surface area (Å²) in [6, 6.07) is 12.3. The third kappa shape index (κ3) is 5.44. The number of halogens is 2. The lowest BCUT2D eigenvalue weighted by molar-refractivity contribution is 0.0938. The Hall–Kier alpha value is -2.60. The predicted octanol–water partition coefficient (Wildman–Crippen LogP) is 4.15. The number of likely N-dealkylation sites (tertiary alicyclic amines) is 1. The second kappa shape index (κ2) is 8.86. The molecule has 2 aromatic carbocycles. The molecule has 1 saturated heterocycles. The van der Waals surface area contributed by atoms with Gasteiger partial charge in [-0.3, -0.25) is 4.79 Å². The first kappa shape index (κ1) is 19.2. The van der Waals surface area contributed by atoms with E-state index in [1.54, 1.807) is 29.2 Å². The molecule has 1 heterocycles. The first-order valence-corrected chi connectivity index (χ1v) is 9.24. The van der Waals surface area contributed by atoms with Crippen LogP contribution in [0.3, 0.4) is 0 Å². The number of hydrogen-bond donors (Lipinski definition) is 2. The summed E-state index contributed by atoms with van der Waals surface area (Å²) in [5.74, 6) is -0.161. The molecule has 0 bridgehead atoms. The zero-order chi connectivity index (χ0) is 19.2. The second-order valence-corrected chi connectivity index (χ2v) is 7.02. The van der Waals surface area contributed by atoms with Crippen LogP contribution in [0.1, 0.15) is 23.2 Å². The summed E-state index contributed by atoms with van der Waals surface area (Å²) < 4.78 is 12.9. The zero-order valence-corrected chi connectivity index (χ0v) is 15.5. The topological polar surface area (TPSA) is 61.4 Å². The number of piperidine rings is 1. The van der Waals surface area contributed by atoms with Crippen molar-refractivity contribution in [3.05, 3.63) is 64.9 Å². The molecular weight excluding hydrogens is 369 g/mol. The molecular formula is C20H21ClFN3O2. The van der Waals surface area contributed by atoms with Gasteiger partial charge in [0.1, 0.15) is 5.82 Å². The Bertz CT molecular complexity index is 805. The van der Waals surface area contributed by atoms with Gasteiger partial charge in [0.2, 0.25) is 0 Å². The molecule has 1 aliphatic heterocycles. The molecule has 142 valence electrons. The van der Waals surface area contributed by atoms with Gasteiger partial charge in [-0.2, -0.15) is 0 Å². The van der Waals surface area contributed by atoms with Crippen molar-refractivity contribution < 1.29 is 14.0 Å². The van der Waals surface area contributed by atoms with Crippen LogP contribution >= 0.6 is 11.6 Å². The molecule has 3 rings (SSSR count). The minimum absolute atomic E-state index is 0.144. The third-order valence-electron chi connectivity index (χ3n) is 4.64. The van der Waals surface area contributed by atoms with Crippen LogP contribution in [0.15, 0.2) is 48.5 Å². The molecule has 5 nitrogen and oxygen atoms in total. The summed E-state index contributed by atoms with van der Waals surface area (Å²) in [5, 5.41) is 6.23. The minimum Gasteiger partial charge on any atom is -0.352 e. The van der Waals surface area contributed by atoms with Crippen LogP contribution in [0.4, 0.5) is 14.9 Å². The molecule has 7 heteroatoms. The molecule has 0 aromatic heterocycles. The fraction of sp³-hybridized carbons (Fsp3) is 0.300. The van der Waals surface area contributed by atoms with Crippen molar-refractivity contribution >= 4 is 29.2 Å². The lowest BCUT2D eigenvalue weighted by Crippen LogP contribution is -2.43. The first-order valence-electron chi connectivity index (χ1n) is 8.86. The van der Waals surface area contributed by atoms with Gasteiger partial charge in [0.25, 0.3) is 5.91 Å². The number of nitrogens with one attached hydrogen (secondary N) is 2. The van der Waals surface area contributed by atoms with Crippen LogP contribution < -0.4 is 10.6 Å². The van der Waals surface area contributed by atoms with E-state index < -0.39 is 0 Å². The monoisotopic (exact) mass is 389 g/mol. The Morgan fingerprint density at radius 1 is 1.11 bits per heavy atom. The van der Waals surface area contributed by atoms with Crippen molar-refractivity contribution in [2.45, 2.75) is 12.8 Å². The normalized spacial score (nSPS) is 14.7. The molecule has 2 aromatic rings. The SMILES string of the molecule is O=C(NCC1CCN(C(=O)Nc2ccc(F)cc2)CC1)c1cccc(Cl)c1. The molecule has 0 saturated carbocycles. The maximum Gasteiger partial charge on any atom is 0.321 e. The Morgan fingerprint density at radius 2 is 1.81 bits per heavy atom. The first-order chi connectivity index (χ1) is 13.0. The van der Waals surface area contributed by atoms with Gasteiger partial charge < -0.3 is 15.5 Å². The van der Waals surface area contributed by atoms with Crippen molar-refractivity contribution in [2.75, 3.05) is 25.0 Å². The van der Waals surface area contributed by atoms with Crippen LogP contribution in [-0.4, -0.2) is 36.5 Å². The second-order valence-electron chi connectivity index (χ2n) is 6.59.